The first kappa shape index (κ1) is 10.9. The summed E-state index contributed by atoms with van der Waals surface area (Å²) in [5, 5.41) is 8.40. The second-order valence-corrected chi connectivity index (χ2v) is 2.96. The van der Waals surface area contributed by atoms with Crippen LogP contribution in [0, 0.1) is 0 Å². The molecule has 0 radical (unpaired) electrons. The summed E-state index contributed by atoms with van der Waals surface area (Å²) in [5.41, 5.74) is 0. The van der Waals surface area contributed by atoms with E-state index in [9.17, 15) is 4.39 Å². The number of halogens is 1. The molecule has 0 bridgehead atoms. The molecule has 2 heteroatoms. The molecule has 0 aromatic carbocycles. The van der Waals surface area contributed by atoms with Crippen LogP contribution in [-0.4, -0.2) is 17.9 Å². The highest BCUT2D eigenvalue weighted by molar-refractivity contribution is 4.55. The van der Waals surface area contributed by atoms with E-state index in [1.54, 1.807) is 0 Å². The Morgan fingerprint density at radius 1 is 1.18 bits per heavy atom. The maximum absolute atomic E-state index is 12.7. The standard InChI is InChI=1S/C9H19FO/c1-2-3-4-5-6-9(10)7-8-11/h9,11H,2-8H2,1H3/t9-/m0/s1. The Labute approximate surface area is 68.6 Å². The van der Waals surface area contributed by atoms with Gasteiger partial charge in [-0.05, 0) is 6.42 Å². The average Bonchev–Trinajstić information content (AvgIpc) is 1.99. The quantitative estimate of drug-likeness (QED) is 0.571. The van der Waals surface area contributed by atoms with E-state index in [4.69, 9.17) is 5.11 Å². The molecular weight excluding hydrogens is 143 g/mol. The molecule has 0 heterocycles. The number of aliphatic hydroxyl groups is 1. The van der Waals surface area contributed by atoms with E-state index in [2.05, 4.69) is 6.92 Å². The zero-order valence-electron chi connectivity index (χ0n) is 7.35. The normalized spacial score (nSPS) is 13.4. The molecule has 0 aliphatic heterocycles. The lowest BCUT2D eigenvalue weighted by molar-refractivity contribution is 0.209. The van der Waals surface area contributed by atoms with Crippen molar-refractivity contribution in [2.75, 3.05) is 6.61 Å². The largest absolute Gasteiger partial charge is 0.396 e. The number of hydrogen-bond donors (Lipinski definition) is 1. The van der Waals surface area contributed by atoms with E-state index in [0.29, 0.717) is 12.8 Å². The van der Waals surface area contributed by atoms with Gasteiger partial charge in [0.2, 0.25) is 0 Å². The van der Waals surface area contributed by atoms with Crippen LogP contribution in [0.1, 0.15) is 45.4 Å². The van der Waals surface area contributed by atoms with Gasteiger partial charge in [0.15, 0.2) is 0 Å². The van der Waals surface area contributed by atoms with Crippen LogP contribution in [0.25, 0.3) is 0 Å². The van der Waals surface area contributed by atoms with Crippen molar-refractivity contribution < 1.29 is 9.50 Å². The fourth-order valence-corrected chi connectivity index (χ4v) is 1.08. The summed E-state index contributed by atoms with van der Waals surface area (Å²) in [5.74, 6) is 0. The fraction of sp³-hybridized carbons (Fsp3) is 1.00. The topological polar surface area (TPSA) is 20.2 Å². The Balaban J connectivity index is 2.97. The van der Waals surface area contributed by atoms with Gasteiger partial charge in [0.05, 0.1) is 0 Å². The minimum absolute atomic E-state index is 0.0189. The van der Waals surface area contributed by atoms with E-state index in [1.807, 2.05) is 0 Å². The number of hydrogen-bond acceptors (Lipinski definition) is 1. The van der Waals surface area contributed by atoms with Crippen LogP contribution in [0.2, 0.25) is 0 Å². The third-order valence-electron chi connectivity index (χ3n) is 1.81. The fourth-order valence-electron chi connectivity index (χ4n) is 1.08. The molecule has 0 unspecified atom stereocenters. The van der Waals surface area contributed by atoms with E-state index in [1.165, 1.54) is 12.8 Å². The maximum atomic E-state index is 12.7. The van der Waals surface area contributed by atoms with Crippen LogP contribution < -0.4 is 0 Å². The second-order valence-electron chi connectivity index (χ2n) is 2.96. The van der Waals surface area contributed by atoms with Crippen LogP contribution in [0.3, 0.4) is 0 Å². The van der Waals surface area contributed by atoms with Crippen molar-refractivity contribution in [1.29, 1.82) is 0 Å². The molecule has 1 atom stereocenters. The van der Waals surface area contributed by atoms with Crippen molar-refractivity contribution in [3.05, 3.63) is 0 Å². The Hall–Kier alpha value is -0.110. The minimum Gasteiger partial charge on any atom is -0.396 e. The minimum atomic E-state index is -0.781. The lowest BCUT2D eigenvalue weighted by Crippen LogP contribution is -2.02. The molecular formula is C9H19FO. The van der Waals surface area contributed by atoms with Crippen molar-refractivity contribution in [3.63, 3.8) is 0 Å². The van der Waals surface area contributed by atoms with Gasteiger partial charge in [-0.2, -0.15) is 0 Å². The van der Waals surface area contributed by atoms with Gasteiger partial charge in [0.25, 0.3) is 0 Å². The lowest BCUT2D eigenvalue weighted by Gasteiger charge is -2.04. The van der Waals surface area contributed by atoms with Crippen molar-refractivity contribution in [2.45, 2.75) is 51.6 Å². The Morgan fingerprint density at radius 2 is 1.91 bits per heavy atom. The summed E-state index contributed by atoms with van der Waals surface area (Å²) >= 11 is 0. The Morgan fingerprint density at radius 3 is 2.45 bits per heavy atom. The van der Waals surface area contributed by atoms with Gasteiger partial charge >= 0.3 is 0 Å². The van der Waals surface area contributed by atoms with Crippen LogP contribution in [0.15, 0.2) is 0 Å². The zero-order chi connectivity index (χ0) is 8.53. The highest BCUT2D eigenvalue weighted by Crippen LogP contribution is 2.10. The predicted molar refractivity (Wildman–Crippen MR) is 45.4 cm³/mol. The molecule has 0 aromatic heterocycles. The summed E-state index contributed by atoms with van der Waals surface area (Å²) in [6, 6.07) is 0. The van der Waals surface area contributed by atoms with Gasteiger partial charge in [-0.3, -0.25) is 0 Å². The molecule has 0 amide bonds. The van der Waals surface area contributed by atoms with E-state index in [-0.39, 0.29) is 6.61 Å². The molecule has 1 N–H and O–H groups in total. The molecule has 0 saturated carbocycles. The molecule has 11 heavy (non-hydrogen) atoms. The first-order valence-electron chi connectivity index (χ1n) is 4.56. The third kappa shape index (κ3) is 7.79. The van der Waals surface area contributed by atoms with Gasteiger partial charge in [0, 0.05) is 13.0 Å². The first-order chi connectivity index (χ1) is 5.31. The first-order valence-corrected chi connectivity index (χ1v) is 4.56. The summed E-state index contributed by atoms with van der Waals surface area (Å²) in [4.78, 5) is 0. The van der Waals surface area contributed by atoms with E-state index >= 15 is 0 Å². The third-order valence-corrected chi connectivity index (χ3v) is 1.81. The summed E-state index contributed by atoms with van der Waals surface area (Å²) < 4.78 is 12.7. The number of unbranched alkanes of at least 4 members (excludes halogenated alkanes) is 3. The van der Waals surface area contributed by atoms with Gasteiger partial charge in [-0.15, -0.1) is 0 Å². The van der Waals surface area contributed by atoms with E-state index < -0.39 is 6.17 Å². The van der Waals surface area contributed by atoms with Crippen LogP contribution in [0.5, 0.6) is 0 Å². The summed E-state index contributed by atoms with van der Waals surface area (Å²) in [6.07, 6.45) is 4.64. The highest BCUT2D eigenvalue weighted by Gasteiger charge is 2.03. The monoisotopic (exact) mass is 162 g/mol. The van der Waals surface area contributed by atoms with Crippen LogP contribution >= 0.6 is 0 Å². The molecule has 0 saturated heterocycles. The van der Waals surface area contributed by atoms with Crippen LogP contribution in [0.4, 0.5) is 4.39 Å². The predicted octanol–water partition coefficient (Wildman–Crippen LogP) is 2.68. The molecule has 0 rings (SSSR count). The highest BCUT2D eigenvalue weighted by atomic mass is 19.1. The molecule has 0 fully saturated rings. The van der Waals surface area contributed by atoms with Gasteiger partial charge < -0.3 is 5.11 Å². The molecule has 1 nitrogen and oxygen atoms in total. The maximum Gasteiger partial charge on any atom is 0.102 e. The Kier molecular flexibility index (Phi) is 7.91. The molecule has 0 aliphatic carbocycles. The SMILES string of the molecule is CCCCCC[C@H](F)CCO. The van der Waals surface area contributed by atoms with Crippen molar-refractivity contribution in [2.24, 2.45) is 0 Å². The van der Waals surface area contributed by atoms with Gasteiger partial charge in [-0.1, -0.05) is 32.6 Å². The molecule has 0 spiro atoms. The molecule has 0 aliphatic rings. The number of aliphatic hydroxyl groups excluding tert-OH is 1. The second kappa shape index (κ2) is 7.99. The van der Waals surface area contributed by atoms with E-state index in [0.717, 1.165) is 12.8 Å². The Bertz CT molecular complexity index is 76.0. The van der Waals surface area contributed by atoms with Crippen molar-refractivity contribution in [3.8, 4) is 0 Å². The molecule has 0 aromatic rings. The lowest BCUT2D eigenvalue weighted by atomic mass is 10.1. The average molecular weight is 162 g/mol. The number of rotatable bonds is 7. The van der Waals surface area contributed by atoms with Crippen molar-refractivity contribution in [1.82, 2.24) is 0 Å². The zero-order valence-corrected chi connectivity index (χ0v) is 7.35. The smallest absolute Gasteiger partial charge is 0.102 e. The molecule has 68 valence electrons. The summed E-state index contributed by atoms with van der Waals surface area (Å²) in [7, 11) is 0. The van der Waals surface area contributed by atoms with Crippen molar-refractivity contribution >= 4 is 0 Å². The van der Waals surface area contributed by atoms with Gasteiger partial charge in [-0.25, -0.2) is 4.39 Å². The van der Waals surface area contributed by atoms with Gasteiger partial charge in [0.1, 0.15) is 6.17 Å². The van der Waals surface area contributed by atoms with Crippen LogP contribution in [-0.2, 0) is 0 Å². The number of alkyl halides is 1. The summed E-state index contributed by atoms with van der Waals surface area (Å²) in [6.45, 7) is 2.12.